The number of rotatable bonds is 6. The van der Waals surface area contributed by atoms with E-state index in [-0.39, 0.29) is 28.6 Å². The van der Waals surface area contributed by atoms with Gasteiger partial charge in [-0.2, -0.15) is 0 Å². The molecule has 2 N–H and O–H groups in total. The standard InChI is InChI=1S/C26H32N4O2/c31-23(9-8-21-17-27-19-29-21)30-14-12-25(13-15-30)16-22(25)24(32)28-18-26(10-4-5-11-26)20-6-2-1-3-7-20/h1-3,6-9,17,19,22H,4-5,10-16,18H2,(H,27,29)(H,28,32). The highest BCUT2D eigenvalue weighted by Gasteiger charge is 2.58. The zero-order valence-electron chi connectivity index (χ0n) is 18.6. The van der Waals surface area contributed by atoms with E-state index < -0.39 is 0 Å². The maximum atomic E-state index is 13.0. The van der Waals surface area contributed by atoms with Crippen molar-refractivity contribution in [1.82, 2.24) is 20.2 Å². The van der Waals surface area contributed by atoms with Crippen LogP contribution >= 0.6 is 0 Å². The van der Waals surface area contributed by atoms with Crippen LogP contribution in [0.3, 0.4) is 0 Å². The number of piperidine rings is 1. The van der Waals surface area contributed by atoms with Crippen LogP contribution in [-0.4, -0.2) is 46.3 Å². The van der Waals surface area contributed by atoms with E-state index in [4.69, 9.17) is 0 Å². The van der Waals surface area contributed by atoms with Crippen molar-refractivity contribution in [3.8, 4) is 0 Å². The third-order valence-corrected chi connectivity index (χ3v) is 8.05. The number of hydrogen-bond donors (Lipinski definition) is 2. The molecule has 168 valence electrons. The van der Waals surface area contributed by atoms with Crippen molar-refractivity contribution in [2.75, 3.05) is 19.6 Å². The van der Waals surface area contributed by atoms with Gasteiger partial charge in [-0.15, -0.1) is 0 Å². The highest BCUT2D eigenvalue weighted by molar-refractivity contribution is 5.91. The number of nitrogens with zero attached hydrogens (tertiary/aromatic N) is 2. The second-order valence-electron chi connectivity index (χ2n) is 9.86. The van der Waals surface area contributed by atoms with Gasteiger partial charge >= 0.3 is 0 Å². The first-order valence-electron chi connectivity index (χ1n) is 11.9. The molecule has 1 aromatic heterocycles. The molecule has 6 heteroatoms. The Balaban J connectivity index is 1.13. The molecule has 5 rings (SSSR count). The number of imidazole rings is 1. The molecule has 1 saturated heterocycles. The number of amides is 2. The van der Waals surface area contributed by atoms with Crippen molar-refractivity contribution < 1.29 is 9.59 Å². The first-order chi connectivity index (χ1) is 15.6. The van der Waals surface area contributed by atoms with Gasteiger partial charge in [-0.3, -0.25) is 9.59 Å². The Morgan fingerprint density at radius 3 is 2.56 bits per heavy atom. The van der Waals surface area contributed by atoms with Gasteiger partial charge < -0.3 is 15.2 Å². The fourth-order valence-electron chi connectivity index (χ4n) is 5.86. The Morgan fingerprint density at radius 2 is 1.88 bits per heavy atom. The van der Waals surface area contributed by atoms with Gasteiger partial charge in [0.2, 0.25) is 11.8 Å². The molecular formula is C26H32N4O2. The van der Waals surface area contributed by atoms with Crippen molar-refractivity contribution in [3.63, 3.8) is 0 Å². The summed E-state index contributed by atoms with van der Waals surface area (Å²) in [6, 6.07) is 10.7. The summed E-state index contributed by atoms with van der Waals surface area (Å²) < 4.78 is 0. The molecule has 2 saturated carbocycles. The van der Waals surface area contributed by atoms with E-state index in [1.54, 1.807) is 24.7 Å². The van der Waals surface area contributed by atoms with Gasteiger partial charge in [0.15, 0.2) is 0 Å². The fourth-order valence-corrected chi connectivity index (χ4v) is 5.86. The second kappa shape index (κ2) is 8.57. The van der Waals surface area contributed by atoms with Gasteiger partial charge in [-0.1, -0.05) is 43.2 Å². The summed E-state index contributed by atoms with van der Waals surface area (Å²) in [6.07, 6.45) is 14.2. The van der Waals surface area contributed by atoms with E-state index >= 15 is 0 Å². The third-order valence-electron chi connectivity index (χ3n) is 8.05. The zero-order chi connectivity index (χ0) is 22.0. The third kappa shape index (κ3) is 4.10. The van der Waals surface area contributed by atoms with Crippen LogP contribution in [0.2, 0.25) is 0 Å². The summed E-state index contributed by atoms with van der Waals surface area (Å²) in [5.74, 6) is 0.350. The van der Waals surface area contributed by atoms with Crippen molar-refractivity contribution in [1.29, 1.82) is 0 Å². The van der Waals surface area contributed by atoms with Crippen LogP contribution in [0.15, 0.2) is 48.9 Å². The molecule has 1 unspecified atom stereocenters. The van der Waals surface area contributed by atoms with Crippen LogP contribution in [-0.2, 0) is 15.0 Å². The lowest BCUT2D eigenvalue weighted by atomic mass is 9.78. The molecule has 32 heavy (non-hydrogen) atoms. The minimum atomic E-state index is 0.0298. The lowest BCUT2D eigenvalue weighted by Crippen LogP contribution is -2.42. The molecule has 3 aliphatic rings. The normalized spacial score (nSPS) is 23.5. The minimum absolute atomic E-state index is 0.0298. The molecule has 2 aromatic rings. The molecule has 1 atom stereocenters. The number of hydrogen-bond acceptors (Lipinski definition) is 3. The Morgan fingerprint density at radius 1 is 1.12 bits per heavy atom. The smallest absolute Gasteiger partial charge is 0.246 e. The van der Waals surface area contributed by atoms with E-state index in [9.17, 15) is 9.59 Å². The van der Waals surface area contributed by atoms with Crippen LogP contribution in [0.5, 0.6) is 0 Å². The van der Waals surface area contributed by atoms with E-state index in [1.807, 2.05) is 4.90 Å². The van der Waals surface area contributed by atoms with Crippen LogP contribution < -0.4 is 5.32 Å². The molecule has 1 aliphatic heterocycles. The highest BCUT2D eigenvalue weighted by Crippen LogP contribution is 2.59. The summed E-state index contributed by atoms with van der Waals surface area (Å²) in [5.41, 5.74) is 2.37. The number of carbonyl (C=O) groups excluding carboxylic acids is 2. The molecule has 2 amide bonds. The summed E-state index contributed by atoms with van der Waals surface area (Å²) >= 11 is 0. The van der Waals surface area contributed by atoms with Crippen molar-refractivity contribution in [2.45, 2.75) is 50.4 Å². The molecule has 2 heterocycles. The average Bonchev–Trinajstić information content (AvgIpc) is 3.21. The first-order valence-corrected chi connectivity index (χ1v) is 11.9. The number of H-pyrrole nitrogens is 1. The number of carbonyl (C=O) groups is 2. The molecule has 6 nitrogen and oxygen atoms in total. The summed E-state index contributed by atoms with van der Waals surface area (Å²) in [5, 5.41) is 3.33. The highest BCUT2D eigenvalue weighted by atomic mass is 16.2. The van der Waals surface area contributed by atoms with Gasteiger partial charge in [0.05, 0.1) is 18.2 Å². The first kappa shape index (κ1) is 21.0. The minimum Gasteiger partial charge on any atom is -0.355 e. The Kier molecular flexibility index (Phi) is 5.62. The molecule has 0 bridgehead atoms. The fraction of sp³-hybridized carbons (Fsp3) is 0.500. The lowest BCUT2D eigenvalue weighted by Gasteiger charge is -2.33. The monoisotopic (exact) mass is 432 g/mol. The number of benzene rings is 1. The van der Waals surface area contributed by atoms with Crippen molar-refractivity contribution in [2.24, 2.45) is 11.3 Å². The van der Waals surface area contributed by atoms with Gasteiger partial charge in [-0.05, 0) is 49.2 Å². The van der Waals surface area contributed by atoms with Gasteiger partial charge in [-0.25, -0.2) is 4.98 Å². The maximum Gasteiger partial charge on any atom is 0.246 e. The summed E-state index contributed by atoms with van der Waals surface area (Å²) in [6.45, 7) is 2.19. The SMILES string of the molecule is O=C(NCC1(c2ccccc2)CCCC1)C1CC12CCN(C(=O)C=Cc1cnc[nH]1)CC2. The van der Waals surface area contributed by atoms with E-state index in [0.29, 0.717) is 0 Å². The van der Waals surface area contributed by atoms with Crippen LogP contribution in [0, 0.1) is 11.3 Å². The summed E-state index contributed by atoms with van der Waals surface area (Å²) in [4.78, 5) is 34.4. The van der Waals surface area contributed by atoms with Crippen molar-refractivity contribution in [3.05, 3.63) is 60.2 Å². The number of likely N-dealkylation sites (tertiary alicyclic amines) is 1. The van der Waals surface area contributed by atoms with E-state index in [2.05, 4.69) is 45.6 Å². The quantitative estimate of drug-likeness (QED) is 0.684. The summed E-state index contributed by atoms with van der Waals surface area (Å²) in [7, 11) is 0. The molecular weight excluding hydrogens is 400 g/mol. The van der Waals surface area contributed by atoms with Crippen LogP contribution in [0.1, 0.15) is 56.2 Å². The molecule has 1 aromatic carbocycles. The van der Waals surface area contributed by atoms with Gasteiger partial charge in [0.25, 0.3) is 0 Å². The zero-order valence-corrected chi connectivity index (χ0v) is 18.6. The number of nitrogens with one attached hydrogen (secondary N) is 2. The van der Waals surface area contributed by atoms with Crippen LogP contribution in [0.25, 0.3) is 6.08 Å². The van der Waals surface area contributed by atoms with E-state index in [0.717, 1.165) is 57.4 Å². The average molecular weight is 433 g/mol. The molecule has 2 aliphatic carbocycles. The predicted octanol–water partition coefficient (Wildman–Crippen LogP) is 3.68. The van der Waals surface area contributed by atoms with Gasteiger partial charge in [0.1, 0.15) is 0 Å². The molecule has 1 spiro atoms. The Hall–Kier alpha value is -2.89. The second-order valence-corrected chi connectivity index (χ2v) is 9.86. The molecule has 0 radical (unpaired) electrons. The maximum absolute atomic E-state index is 13.0. The van der Waals surface area contributed by atoms with Crippen LogP contribution in [0.4, 0.5) is 0 Å². The number of aromatic nitrogens is 2. The topological polar surface area (TPSA) is 78.1 Å². The lowest BCUT2D eigenvalue weighted by molar-refractivity contribution is -0.127. The molecule has 3 fully saturated rings. The number of aromatic amines is 1. The Labute approximate surface area is 189 Å². The van der Waals surface area contributed by atoms with Gasteiger partial charge in [0, 0.05) is 37.0 Å². The largest absolute Gasteiger partial charge is 0.355 e. The predicted molar refractivity (Wildman–Crippen MR) is 124 cm³/mol. The Bertz CT molecular complexity index is 969. The van der Waals surface area contributed by atoms with Crippen molar-refractivity contribution >= 4 is 17.9 Å². The van der Waals surface area contributed by atoms with E-state index in [1.165, 1.54) is 18.4 Å².